The van der Waals surface area contributed by atoms with E-state index in [-0.39, 0.29) is 29.7 Å². The topological polar surface area (TPSA) is 76.1 Å². The largest absolute Gasteiger partial charge is 0.462 e. The third-order valence-corrected chi connectivity index (χ3v) is 7.82. The highest BCUT2D eigenvalue weighted by Crippen LogP contribution is 2.17. The van der Waals surface area contributed by atoms with Gasteiger partial charge in [-0.3, -0.25) is 14.4 Å². The Morgan fingerprint density at radius 2 is 1.29 bits per heavy atom. The van der Waals surface area contributed by atoms with Gasteiger partial charge in [0.15, 0.2) is 0 Å². The zero-order valence-corrected chi connectivity index (χ0v) is 27.9. The molecule has 0 spiro atoms. The van der Waals surface area contributed by atoms with Gasteiger partial charge in [-0.25, -0.2) is 0 Å². The monoisotopic (exact) mass is 598 g/mol. The Balaban J connectivity index is 4.62. The van der Waals surface area contributed by atoms with Gasteiger partial charge in [0.25, 0.3) is 5.24 Å². The predicted octanol–water partition coefficient (Wildman–Crippen LogP) is 8.41. The summed E-state index contributed by atoms with van der Waals surface area (Å²) in [6.07, 6.45) is 20.3. The second-order valence-electron chi connectivity index (χ2n) is 11.2. The second kappa shape index (κ2) is 28.6. The van der Waals surface area contributed by atoms with Crippen molar-refractivity contribution in [3.8, 4) is 0 Å². The van der Waals surface area contributed by atoms with E-state index < -0.39 is 0 Å². The van der Waals surface area contributed by atoms with Gasteiger partial charge in [-0.05, 0) is 65.5 Å². The van der Waals surface area contributed by atoms with E-state index in [0.717, 1.165) is 64.3 Å². The van der Waals surface area contributed by atoms with Gasteiger partial charge < -0.3 is 19.3 Å². The Bertz CT molecular complexity index is 677. The van der Waals surface area contributed by atoms with Crippen molar-refractivity contribution in [3.05, 3.63) is 12.2 Å². The number of carbonyl (C=O) groups is 3. The third kappa shape index (κ3) is 25.9. The van der Waals surface area contributed by atoms with Crippen molar-refractivity contribution in [2.75, 3.05) is 46.1 Å². The van der Waals surface area contributed by atoms with E-state index in [0.29, 0.717) is 44.7 Å². The van der Waals surface area contributed by atoms with E-state index in [2.05, 4.69) is 26.8 Å². The van der Waals surface area contributed by atoms with Crippen LogP contribution in [-0.4, -0.2) is 79.2 Å². The molecule has 0 aromatic heterocycles. The SMILES string of the molecule is CCCCCC/C=C\COC(=O)CCCN(CCCC(=O)OC(CCCCC)CCCCC)C(=O)SCCN(C)C. The molecule has 0 heterocycles. The van der Waals surface area contributed by atoms with Crippen LogP contribution in [0, 0.1) is 0 Å². The molecule has 0 aliphatic carbocycles. The van der Waals surface area contributed by atoms with Crippen molar-refractivity contribution in [2.45, 2.75) is 136 Å². The lowest BCUT2D eigenvalue weighted by Gasteiger charge is -2.23. The maximum Gasteiger partial charge on any atom is 0.306 e. The molecule has 8 heteroatoms. The zero-order chi connectivity index (χ0) is 30.6. The molecule has 0 radical (unpaired) electrons. The minimum atomic E-state index is -0.242. The van der Waals surface area contributed by atoms with Crippen molar-refractivity contribution in [1.29, 1.82) is 0 Å². The van der Waals surface area contributed by atoms with Crippen molar-refractivity contribution < 1.29 is 23.9 Å². The fourth-order valence-electron chi connectivity index (χ4n) is 4.37. The quantitative estimate of drug-likeness (QED) is 0.0534. The molecule has 0 aromatic rings. The number of hydrogen-bond donors (Lipinski definition) is 0. The summed E-state index contributed by atoms with van der Waals surface area (Å²) in [7, 11) is 3.97. The highest BCUT2D eigenvalue weighted by Gasteiger charge is 2.18. The average Bonchev–Trinajstić information content (AvgIpc) is 2.93. The van der Waals surface area contributed by atoms with Gasteiger partial charge >= 0.3 is 11.9 Å². The number of hydrogen-bond acceptors (Lipinski definition) is 7. The molecule has 0 bridgehead atoms. The highest BCUT2D eigenvalue weighted by atomic mass is 32.2. The van der Waals surface area contributed by atoms with Gasteiger partial charge in [0.2, 0.25) is 0 Å². The van der Waals surface area contributed by atoms with E-state index in [1.807, 2.05) is 25.1 Å². The molecule has 0 aliphatic heterocycles. The van der Waals surface area contributed by atoms with Crippen molar-refractivity contribution in [1.82, 2.24) is 9.80 Å². The molecule has 7 nitrogen and oxygen atoms in total. The molecule has 41 heavy (non-hydrogen) atoms. The maximum absolute atomic E-state index is 12.9. The van der Waals surface area contributed by atoms with E-state index in [1.54, 1.807) is 4.90 Å². The molecule has 0 saturated heterocycles. The molecule has 0 rings (SSSR count). The van der Waals surface area contributed by atoms with Gasteiger partial charge in [-0.1, -0.05) is 89.6 Å². The fourth-order valence-corrected chi connectivity index (χ4v) is 5.37. The molecule has 0 N–H and O–H groups in total. The fraction of sp³-hybridized carbons (Fsp3) is 0.848. The Hall–Kier alpha value is -1.54. The van der Waals surface area contributed by atoms with Crippen LogP contribution >= 0.6 is 11.8 Å². The Kier molecular flexibility index (Phi) is 27.5. The van der Waals surface area contributed by atoms with Crippen molar-refractivity contribution in [3.63, 3.8) is 0 Å². The Morgan fingerprint density at radius 3 is 1.88 bits per heavy atom. The van der Waals surface area contributed by atoms with Gasteiger partial charge in [0.05, 0.1) is 0 Å². The lowest BCUT2D eigenvalue weighted by Crippen LogP contribution is -2.31. The number of ether oxygens (including phenoxy) is 2. The highest BCUT2D eigenvalue weighted by molar-refractivity contribution is 8.13. The first-order chi connectivity index (χ1) is 19.8. The first-order valence-corrected chi connectivity index (χ1v) is 17.4. The summed E-state index contributed by atoms with van der Waals surface area (Å²) < 4.78 is 11.2. The number of allylic oxidation sites excluding steroid dienone is 1. The maximum atomic E-state index is 12.9. The van der Waals surface area contributed by atoms with Crippen LogP contribution in [0.15, 0.2) is 12.2 Å². The third-order valence-electron chi connectivity index (χ3n) is 6.93. The zero-order valence-electron chi connectivity index (χ0n) is 27.1. The van der Waals surface area contributed by atoms with Crippen molar-refractivity contribution in [2.24, 2.45) is 0 Å². The average molecular weight is 599 g/mol. The Morgan fingerprint density at radius 1 is 0.707 bits per heavy atom. The molecule has 0 fully saturated rings. The van der Waals surface area contributed by atoms with Crippen LogP contribution in [0.3, 0.4) is 0 Å². The van der Waals surface area contributed by atoms with Crippen LogP contribution in [0.1, 0.15) is 130 Å². The molecule has 0 aliphatic rings. The molecular weight excluding hydrogens is 536 g/mol. The number of amides is 1. The van der Waals surface area contributed by atoms with Gasteiger partial charge in [-0.15, -0.1) is 0 Å². The number of esters is 2. The molecule has 0 unspecified atom stereocenters. The normalized spacial score (nSPS) is 11.5. The van der Waals surface area contributed by atoms with Gasteiger partial charge in [0, 0.05) is 38.2 Å². The smallest absolute Gasteiger partial charge is 0.306 e. The van der Waals surface area contributed by atoms with Crippen LogP contribution < -0.4 is 0 Å². The minimum Gasteiger partial charge on any atom is -0.462 e. The summed E-state index contributed by atoms with van der Waals surface area (Å²) in [5.74, 6) is 0.292. The van der Waals surface area contributed by atoms with E-state index in [1.165, 1.54) is 37.4 Å². The summed E-state index contributed by atoms with van der Waals surface area (Å²) >= 11 is 1.29. The van der Waals surface area contributed by atoms with Crippen LogP contribution in [-0.2, 0) is 19.1 Å². The first kappa shape index (κ1) is 39.5. The Labute approximate surface area is 256 Å². The van der Waals surface area contributed by atoms with Gasteiger partial charge in [0.1, 0.15) is 12.7 Å². The molecule has 0 aromatic carbocycles. The predicted molar refractivity (Wildman–Crippen MR) is 173 cm³/mol. The molecule has 0 saturated carbocycles. The lowest BCUT2D eigenvalue weighted by molar-refractivity contribution is -0.150. The lowest BCUT2D eigenvalue weighted by atomic mass is 10.0. The van der Waals surface area contributed by atoms with Crippen LogP contribution in [0.4, 0.5) is 4.79 Å². The summed E-state index contributed by atoms with van der Waals surface area (Å²) in [6, 6.07) is 0. The summed E-state index contributed by atoms with van der Waals surface area (Å²) in [6.45, 7) is 8.63. The van der Waals surface area contributed by atoms with E-state index >= 15 is 0 Å². The van der Waals surface area contributed by atoms with Crippen LogP contribution in [0.5, 0.6) is 0 Å². The second-order valence-corrected chi connectivity index (χ2v) is 12.3. The number of carbonyl (C=O) groups excluding carboxylic acids is 3. The standard InChI is InChI=1S/C33H62N2O5S/c1-6-9-12-13-14-15-18-28-39-31(36)23-19-25-35(33(38)41-29-27-34(4)5)26-20-24-32(37)40-30(21-16-10-7-2)22-17-11-8-3/h15,18,30H,6-14,16-17,19-29H2,1-5H3/b18-15-. The number of thioether (sulfide) groups is 1. The van der Waals surface area contributed by atoms with Crippen molar-refractivity contribution >= 4 is 28.9 Å². The van der Waals surface area contributed by atoms with Crippen LogP contribution in [0.25, 0.3) is 0 Å². The molecular formula is C33H62N2O5S. The number of nitrogens with zero attached hydrogens (tertiary/aromatic N) is 2. The van der Waals surface area contributed by atoms with Gasteiger partial charge in [-0.2, -0.15) is 0 Å². The summed E-state index contributed by atoms with van der Waals surface area (Å²) in [4.78, 5) is 41.5. The number of rotatable bonds is 27. The summed E-state index contributed by atoms with van der Waals surface area (Å²) in [5, 5.41) is -0.00315. The van der Waals surface area contributed by atoms with Crippen LogP contribution in [0.2, 0.25) is 0 Å². The summed E-state index contributed by atoms with van der Waals surface area (Å²) in [5.41, 5.74) is 0. The first-order valence-electron chi connectivity index (χ1n) is 16.4. The number of unbranched alkanes of at least 4 members (excludes halogenated alkanes) is 8. The molecule has 1 amide bonds. The van der Waals surface area contributed by atoms with E-state index in [9.17, 15) is 14.4 Å². The van der Waals surface area contributed by atoms with E-state index in [4.69, 9.17) is 9.47 Å². The minimum absolute atomic E-state index is 0.00170. The molecule has 0 atom stereocenters. The molecule has 240 valence electrons.